The number of rotatable bonds is 9. The van der Waals surface area contributed by atoms with E-state index in [1.165, 1.54) is 5.56 Å². The number of ether oxygens (including phenoxy) is 1. The topological polar surface area (TPSA) is 41.6 Å². The Morgan fingerprint density at radius 3 is 2.52 bits per heavy atom. The molecule has 0 saturated heterocycles. The smallest absolute Gasteiger partial charge is 0.257 e. The Hall–Kier alpha value is -2.85. The zero-order valence-electron chi connectivity index (χ0n) is 15.7. The van der Waals surface area contributed by atoms with E-state index in [-0.39, 0.29) is 12.5 Å². The van der Waals surface area contributed by atoms with Crippen LogP contribution >= 0.6 is 0 Å². The van der Waals surface area contributed by atoms with Crippen molar-refractivity contribution in [1.29, 1.82) is 0 Å². The molecule has 3 aromatic carbocycles. The van der Waals surface area contributed by atoms with Gasteiger partial charge < -0.3 is 15.0 Å². The van der Waals surface area contributed by atoms with Crippen molar-refractivity contribution in [3.8, 4) is 5.75 Å². The molecule has 0 spiro atoms. The average Bonchev–Trinajstić information content (AvgIpc) is 2.70. The Balaban J connectivity index is 1.33. The number of nitrogens with zero attached hydrogens (tertiary/aromatic N) is 1. The number of benzene rings is 3. The van der Waals surface area contributed by atoms with Crippen LogP contribution in [-0.4, -0.2) is 37.6 Å². The molecule has 4 nitrogen and oxygen atoms in total. The molecule has 3 rings (SSSR count). The predicted molar refractivity (Wildman–Crippen MR) is 110 cm³/mol. The van der Waals surface area contributed by atoms with Crippen LogP contribution in [0.2, 0.25) is 0 Å². The Labute approximate surface area is 160 Å². The number of hydrogen-bond acceptors (Lipinski definition) is 3. The zero-order valence-corrected chi connectivity index (χ0v) is 15.7. The van der Waals surface area contributed by atoms with Crippen molar-refractivity contribution >= 4 is 16.7 Å². The fourth-order valence-electron chi connectivity index (χ4n) is 3.01. The van der Waals surface area contributed by atoms with Crippen molar-refractivity contribution in [3.05, 3.63) is 78.4 Å². The second kappa shape index (κ2) is 9.74. The summed E-state index contributed by atoms with van der Waals surface area (Å²) in [4.78, 5) is 14.2. The van der Waals surface area contributed by atoms with Crippen molar-refractivity contribution in [2.24, 2.45) is 0 Å². The lowest BCUT2D eigenvalue weighted by molar-refractivity contribution is -0.123. The van der Waals surface area contributed by atoms with Gasteiger partial charge in [0.25, 0.3) is 5.91 Å². The minimum Gasteiger partial charge on any atom is -0.484 e. The van der Waals surface area contributed by atoms with Crippen LogP contribution in [0.5, 0.6) is 5.75 Å². The lowest BCUT2D eigenvalue weighted by Crippen LogP contribution is -2.31. The highest BCUT2D eigenvalue weighted by atomic mass is 16.5. The van der Waals surface area contributed by atoms with Gasteiger partial charge in [0.05, 0.1) is 0 Å². The van der Waals surface area contributed by atoms with Crippen molar-refractivity contribution in [1.82, 2.24) is 10.2 Å². The third-order valence-corrected chi connectivity index (χ3v) is 4.42. The first-order chi connectivity index (χ1) is 13.2. The monoisotopic (exact) mass is 362 g/mol. The van der Waals surface area contributed by atoms with E-state index < -0.39 is 0 Å². The fourth-order valence-corrected chi connectivity index (χ4v) is 3.01. The molecule has 0 radical (unpaired) electrons. The summed E-state index contributed by atoms with van der Waals surface area (Å²) in [5, 5.41) is 5.19. The maximum atomic E-state index is 12.0. The standard InChI is InChI=1S/C23H26N2O2/c1-25(17-19-8-3-2-4-9-19)15-7-14-24-23(26)18-27-22-13-12-20-10-5-6-11-21(20)16-22/h2-6,8-13,16H,7,14-15,17-18H2,1H3,(H,24,26). The molecular formula is C23H26N2O2. The predicted octanol–water partition coefficient (Wildman–Crippen LogP) is 3.86. The summed E-state index contributed by atoms with van der Waals surface area (Å²) in [5.74, 6) is 0.625. The van der Waals surface area contributed by atoms with Gasteiger partial charge in [-0.1, -0.05) is 60.7 Å². The van der Waals surface area contributed by atoms with Crippen LogP contribution in [0, 0.1) is 0 Å². The van der Waals surface area contributed by atoms with Gasteiger partial charge in [0, 0.05) is 13.1 Å². The minimum absolute atomic E-state index is 0.0399. The van der Waals surface area contributed by atoms with Crippen LogP contribution in [0.25, 0.3) is 10.8 Å². The summed E-state index contributed by atoms with van der Waals surface area (Å²) in [6, 6.07) is 24.3. The Morgan fingerprint density at radius 1 is 0.963 bits per heavy atom. The fraction of sp³-hybridized carbons (Fsp3) is 0.261. The molecule has 0 fully saturated rings. The van der Waals surface area contributed by atoms with Gasteiger partial charge in [0.1, 0.15) is 5.75 Å². The van der Waals surface area contributed by atoms with Gasteiger partial charge in [-0.05, 0) is 48.5 Å². The first kappa shape index (κ1) is 18.9. The third-order valence-electron chi connectivity index (χ3n) is 4.42. The number of carbonyl (C=O) groups excluding carboxylic acids is 1. The van der Waals surface area contributed by atoms with Crippen molar-refractivity contribution in [2.75, 3.05) is 26.7 Å². The SMILES string of the molecule is CN(CCCNC(=O)COc1ccc2ccccc2c1)Cc1ccccc1. The number of amides is 1. The molecule has 27 heavy (non-hydrogen) atoms. The number of nitrogens with one attached hydrogen (secondary N) is 1. The summed E-state index contributed by atoms with van der Waals surface area (Å²) < 4.78 is 5.61. The number of carbonyl (C=O) groups is 1. The van der Waals surface area contributed by atoms with Crippen LogP contribution in [0.15, 0.2) is 72.8 Å². The number of hydrogen-bond donors (Lipinski definition) is 1. The molecular weight excluding hydrogens is 336 g/mol. The van der Waals surface area contributed by atoms with E-state index in [9.17, 15) is 4.79 Å². The van der Waals surface area contributed by atoms with Gasteiger partial charge in [-0.25, -0.2) is 0 Å². The van der Waals surface area contributed by atoms with Gasteiger partial charge in [0.15, 0.2) is 6.61 Å². The minimum atomic E-state index is -0.0890. The van der Waals surface area contributed by atoms with Gasteiger partial charge in [-0.3, -0.25) is 4.79 Å². The van der Waals surface area contributed by atoms with Gasteiger partial charge in [-0.2, -0.15) is 0 Å². The summed E-state index contributed by atoms with van der Waals surface area (Å²) >= 11 is 0. The first-order valence-electron chi connectivity index (χ1n) is 9.31. The highest BCUT2D eigenvalue weighted by Crippen LogP contribution is 2.20. The van der Waals surface area contributed by atoms with Crippen LogP contribution < -0.4 is 10.1 Å². The maximum absolute atomic E-state index is 12.0. The summed E-state index contributed by atoms with van der Waals surface area (Å²) in [6.07, 6.45) is 0.908. The molecule has 0 saturated carbocycles. The highest BCUT2D eigenvalue weighted by Gasteiger charge is 2.04. The molecule has 0 heterocycles. The quantitative estimate of drug-likeness (QED) is 0.588. The van der Waals surface area contributed by atoms with Gasteiger partial charge in [0.2, 0.25) is 0 Å². The van der Waals surface area contributed by atoms with Crippen molar-refractivity contribution in [2.45, 2.75) is 13.0 Å². The molecule has 0 bridgehead atoms. The molecule has 0 aliphatic rings. The highest BCUT2D eigenvalue weighted by molar-refractivity contribution is 5.84. The van der Waals surface area contributed by atoms with Gasteiger partial charge in [-0.15, -0.1) is 0 Å². The number of fused-ring (bicyclic) bond motifs is 1. The molecule has 1 N–H and O–H groups in total. The molecule has 0 aliphatic heterocycles. The van der Waals surface area contributed by atoms with E-state index in [0.717, 1.165) is 30.3 Å². The summed E-state index contributed by atoms with van der Waals surface area (Å²) in [6.45, 7) is 2.54. The van der Waals surface area contributed by atoms with E-state index in [4.69, 9.17) is 4.74 Å². The second-order valence-corrected chi connectivity index (χ2v) is 6.72. The van der Waals surface area contributed by atoms with E-state index in [1.54, 1.807) is 0 Å². The normalized spacial score (nSPS) is 10.9. The molecule has 0 aliphatic carbocycles. The Morgan fingerprint density at radius 2 is 1.70 bits per heavy atom. The van der Waals surface area contributed by atoms with Crippen molar-refractivity contribution < 1.29 is 9.53 Å². The van der Waals surface area contributed by atoms with Crippen LogP contribution in [0.4, 0.5) is 0 Å². The molecule has 4 heteroatoms. The van der Waals surface area contributed by atoms with E-state index in [0.29, 0.717) is 12.3 Å². The lowest BCUT2D eigenvalue weighted by Gasteiger charge is -2.16. The van der Waals surface area contributed by atoms with E-state index >= 15 is 0 Å². The Bertz CT molecular complexity index is 864. The molecule has 0 atom stereocenters. The largest absolute Gasteiger partial charge is 0.484 e. The van der Waals surface area contributed by atoms with Crippen LogP contribution in [0.3, 0.4) is 0 Å². The molecule has 140 valence electrons. The summed E-state index contributed by atoms with van der Waals surface area (Å²) in [5.41, 5.74) is 1.30. The van der Waals surface area contributed by atoms with Crippen LogP contribution in [0.1, 0.15) is 12.0 Å². The third kappa shape index (κ3) is 6.12. The van der Waals surface area contributed by atoms with E-state index in [1.807, 2.05) is 42.5 Å². The maximum Gasteiger partial charge on any atom is 0.257 e. The molecule has 0 aromatic heterocycles. The Kier molecular flexibility index (Phi) is 6.83. The molecule has 0 unspecified atom stereocenters. The van der Waals surface area contributed by atoms with Gasteiger partial charge >= 0.3 is 0 Å². The molecule has 3 aromatic rings. The second-order valence-electron chi connectivity index (χ2n) is 6.72. The van der Waals surface area contributed by atoms with E-state index in [2.05, 4.69) is 47.6 Å². The first-order valence-corrected chi connectivity index (χ1v) is 9.31. The lowest BCUT2D eigenvalue weighted by atomic mass is 10.1. The van der Waals surface area contributed by atoms with Crippen molar-refractivity contribution in [3.63, 3.8) is 0 Å². The molecule has 1 amide bonds. The van der Waals surface area contributed by atoms with Crippen LogP contribution in [-0.2, 0) is 11.3 Å². The average molecular weight is 362 g/mol. The summed E-state index contributed by atoms with van der Waals surface area (Å²) in [7, 11) is 2.09. The zero-order chi connectivity index (χ0) is 18.9.